The molecule has 0 spiro atoms. The minimum absolute atomic E-state index is 0.00618. The second-order valence-corrected chi connectivity index (χ2v) is 5.24. The normalized spacial score (nSPS) is 13.2. The third-order valence-corrected chi connectivity index (χ3v) is 3.70. The van der Waals surface area contributed by atoms with Gasteiger partial charge in [-0.1, -0.05) is 19.4 Å². The van der Waals surface area contributed by atoms with Crippen molar-refractivity contribution in [2.24, 2.45) is 0 Å². The van der Waals surface area contributed by atoms with E-state index in [-0.39, 0.29) is 12.0 Å². The highest BCUT2D eigenvalue weighted by atomic mass is 32.1. The molecule has 0 fully saturated rings. The molecule has 3 nitrogen and oxygen atoms in total. The first-order valence-electron chi connectivity index (χ1n) is 6.21. The summed E-state index contributed by atoms with van der Waals surface area (Å²) in [7, 11) is 0. The van der Waals surface area contributed by atoms with E-state index in [1.165, 1.54) is 0 Å². The summed E-state index contributed by atoms with van der Waals surface area (Å²) < 4.78 is 37.8. The molecule has 0 aliphatic carbocycles. The van der Waals surface area contributed by atoms with E-state index in [1.807, 2.05) is 24.4 Å². The van der Waals surface area contributed by atoms with Crippen LogP contribution in [-0.4, -0.2) is 9.97 Å². The van der Waals surface area contributed by atoms with Gasteiger partial charge in [0.25, 0.3) is 0 Å². The highest BCUT2D eigenvalue weighted by Crippen LogP contribution is 2.29. The Hall–Kier alpha value is -1.63. The van der Waals surface area contributed by atoms with Crippen molar-refractivity contribution in [1.82, 2.24) is 9.97 Å². The Morgan fingerprint density at radius 2 is 2.15 bits per heavy atom. The molecule has 1 atom stereocenters. The van der Waals surface area contributed by atoms with E-state index in [4.69, 9.17) is 0 Å². The number of nitrogens with one attached hydrogen (secondary N) is 1. The molecule has 0 aliphatic rings. The first-order valence-corrected chi connectivity index (χ1v) is 7.09. The number of hydrogen-bond donors (Lipinski definition) is 1. The summed E-state index contributed by atoms with van der Waals surface area (Å²) in [6, 6.07) is 4.66. The molecule has 0 saturated heterocycles. The van der Waals surface area contributed by atoms with Crippen molar-refractivity contribution in [3.63, 3.8) is 0 Å². The van der Waals surface area contributed by atoms with Crippen LogP contribution in [0.2, 0.25) is 0 Å². The van der Waals surface area contributed by atoms with Crippen molar-refractivity contribution in [3.8, 4) is 0 Å². The van der Waals surface area contributed by atoms with Crippen LogP contribution in [-0.2, 0) is 6.18 Å². The lowest BCUT2D eigenvalue weighted by atomic mass is 10.1. The maximum Gasteiger partial charge on any atom is 0.433 e. The molecule has 0 aliphatic heterocycles. The molecule has 2 heterocycles. The Labute approximate surface area is 118 Å². The number of anilines is 1. The van der Waals surface area contributed by atoms with Gasteiger partial charge in [-0.3, -0.25) is 0 Å². The van der Waals surface area contributed by atoms with Gasteiger partial charge in [0.2, 0.25) is 5.95 Å². The van der Waals surface area contributed by atoms with Gasteiger partial charge in [0.15, 0.2) is 0 Å². The third-order valence-electron chi connectivity index (χ3n) is 2.71. The topological polar surface area (TPSA) is 37.8 Å². The molecule has 0 amide bonds. The largest absolute Gasteiger partial charge is 0.433 e. The van der Waals surface area contributed by atoms with Gasteiger partial charge < -0.3 is 5.32 Å². The first-order chi connectivity index (χ1) is 9.50. The SMILES string of the molecule is CCCC(Nc1nccc(C(F)(F)F)n1)c1cccs1. The van der Waals surface area contributed by atoms with E-state index < -0.39 is 11.9 Å². The summed E-state index contributed by atoms with van der Waals surface area (Å²) in [6.45, 7) is 2.02. The van der Waals surface area contributed by atoms with E-state index in [9.17, 15) is 13.2 Å². The number of hydrogen-bond acceptors (Lipinski definition) is 4. The maximum absolute atomic E-state index is 12.6. The third kappa shape index (κ3) is 3.69. The molecule has 108 valence electrons. The van der Waals surface area contributed by atoms with E-state index in [2.05, 4.69) is 15.3 Å². The molecule has 0 bridgehead atoms. The van der Waals surface area contributed by atoms with E-state index in [1.54, 1.807) is 11.3 Å². The summed E-state index contributed by atoms with van der Waals surface area (Å²) in [4.78, 5) is 8.46. The van der Waals surface area contributed by atoms with Crippen LogP contribution in [0.5, 0.6) is 0 Å². The second-order valence-electron chi connectivity index (χ2n) is 4.26. The summed E-state index contributed by atoms with van der Waals surface area (Å²) in [5.41, 5.74) is -0.934. The lowest BCUT2D eigenvalue weighted by Crippen LogP contribution is -2.15. The standard InChI is InChI=1S/C13H14F3N3S/c1-2-4-9(10-5-3-8-20-10)18-12-17-7-6-11(19-12)13(14,15)16/h3,5-9H,2,4H2,1H3,(H,17,18,19). The molecule has 0 aromatic carbocycles. The second kappa shape index (κ2) is 6.21. The minimum Gasteiger partial charge on any atom is -0.347 e. The molecular formula is C13H14F3N3S. The molecular weight excluding hydrogens is 287 g/mol. The van der Waals surface area contributed by atoms with Crippen LogP contribution in [0.15, 0.2) is 29.8 Å². The molecule has 2 rings (SSSR count). The zero-order chi connectivity index (χ0) is 14.6. The Kier molecular flexibility index (Phi) is 4.59. The Morgan fingerprint density at radius 3 is 2.75 bits per heavy atom. The number of rotatable bonds is 5. The van der Waals surface area contributed by atoms with Crippen LogP contribution < -0.4 is 5.32 Å². The number of nitrogens with zero attached hydrogens (tertiary/aromatic N) is 2. The van der Waals surface area contributed by atoms with Crippen molar-refractivity contribution < 1.29 is 13.2 Å². The molecule has 0 saturated carbocycles. The van der Waals surface area contributed by atoms with Crippen molar-refractivity contribution in [2.75, 3.05) is 5.32 Å². The van der Waals surface area contributed by atoms with Crippen LogP contribution >= 0.6 is 11.3 Å². The van der Waals surface area contributed by atoms with Crippen LogP contribution in [0.4, 0.5) is 19.1 Å². The smallest absolute Gasteiger partial charge is 0.347 e. The lowest BCUT2D eigenvalue weighted by Gasteiger charge is -2.17. The summed E-state index contributed by atoms with van der Waals surface area (Å²) in [5.74, 6) is 0.00618. The van der Waals surface area contributed by atoms with Gasteiger partial charge in [0.05, 0.1) is 6.04 Å². The van der Waals surface area contributed by atoms with Crippen molar-refractivity contribution in [2.45, 2.75) is 32.0 Å². The molecule has 0 radical (unpaired) electrons. The number of halogens is 3. The number of alkyl halides is 3. The molecule has 2 aromatic heterocycles. The lowest BCUT2D eigenvalue weighted by molar-refractivity contribution is -0.141. The highest BCUT2D eigenvalue weighted by Gasteiger charge is 2.32. The van der Waals surface area contributed by atoms with E-state index >= 15 is 0 Å². The van der Waals surface area contributed by atoms with Crippen molar-refractivity contribution in [3.05, 3.63) is 40.3 Å². The van der Waals surface area contributed by atoms with Crippen LogP contribution in [0.3, 0.4) is 0 Å². The molecule has 20 heavy (non-hydrogen) atoms. The monoisotopic (exact) mass is 301 g/mol. The van der Waals surface area contributed by atoms with Gasteiger partial charge in [-0.25, -0.2) is 9.97 Å². The van der Waals surface area contributed by atoms with Crippen LogP contribution in [0.1, 0.15) is 36.4 Å². The predicted octanol–water partition coefficient (Wildman–Crippen LogP) is 4.51. The average molecular weight is 301 g/mol. The summed E-state index contributed by atoms with van der Waals surface area (Å²) >= 11 is 1.56. The Bertz CT molecular complexity index is 540. The zero-order valence-electron chi connectivity index (χ0n) is 10.8. The Balaban J connectivity index is 2.19. The summed E-state index contributed by atoms with van der Waals surface area (Å²) in [6.07, 6.45) is -1.62. The molecule has 1 unspecified atom stereocenters. The zero-order valence-corrected chi connectivity index (χ0v) is 11.6. The van der Waals surface area contributed by atoms with Gasteiger partial charge >= 0.3 is 6.18 Å². The first kappa shape index (κ1) is 14.8. The molecule has 1 N–H and O–H groups in total. The van der Waals surface area contributed by atoms with Gasteiger partial charge in [0, 0.05) is 11.1 Å². The van der Waals surface area contributed by atoms with Crippen LogP contribution in [0.25, 0.3) is 0 Å². The Morgan fingerprint density at radius 1 is 1.35 bits per heavy atom. The molecule has 2 aromatic rings. The van der Waals surface area contributed by atoms with E-state index in [0.717, 1.165) is 30.0 Å². The van der Waals surface area contributed by atoms with Gasteiger partial charge in [-0.2, -0.15) is 13.2 Å². The van der Waals surface area contributed by atoms with Crippen LogP contribution in [0, 0.1) is 0 Å². The van der Waals surface area contributed by atoms with Gasteiger partial charge in [-0.15, -0.1) is 11.3 Å². The fourth-order valence-corrected chi connectivity index (χ4v) is 2.62. The van der Waals surface area contributed by atoms with E-state index in [0.29, 0.717) is 0 Å². The minimum atomic E-state index is -4.46. The fraction of sp³-hybridized carbons (Fsp3) is 0.385. The number of aromatic nitrogens is 2. The number of thiophene rings is 1. The fourth-order valence-electron chi connectivity index (χ4n) is 1.81. The van der Waals surface area contributed by atoms with Crippen molar-refractivity contribution in [1.29, 1.82) is 0 Å². The highest BCUT2D eigenvalue weighted by molar-refractivity contribution is 7.10. The molecule has 7 heteroatoms. The van der Waals surface area contributed by atoms with Gasteiger partial charge in [-0.05, 0) is 23.9 Å². The predicted molar refractivity (Wildman–Crippen MR) is 72.6 cm³/mol. The maximum atomic E-state index is 12.6. The van der Waals surface area contributed by atoms with Crippen molar-refractivity contribution >= 4 is 17.3 Å². The summed E-state index contributed by atoms with van der Waals surface area (Å²) in [5, 5.41) is 4.92. The van der Waals surface area contributed by atoms with Gasteiger partial charge in [0.1, 0.15) is 5.69 Å². The average Bonchev–Trinajstić information content (AvgIpc) is 2.91. The quantitative estimate of drug-likeness (QED) is 0.883.